The van der Waals surface area contributed by atoms with E-state index in [1.807, 2.05) is 13.8 Å². The van der Waals surface area contributed by atoms with Gasteiger partial charge >= 0.3 is 0 Å². The Hall–Kier alpha value is -0.610. The molecule has 0 spiro atoms. The Balaban J connectivity index is 2.26. The van der Waals surface area contributed by atoms with E-state index in [0.717, 1.165) is 26.2 Å². The van der Waals surface area contributed by atoms with Gasteiger partial charge in [0, 0.05) is 19.1 Å². The van der Waals surface area contributed by atoms with Crippen LogP contribution in [0.3, 0.4) is 0 Å². The summed E-state index contributed by atoms with van der Waals surface area (Å²) in [6, 6.07) is 0. The molecule has 1 fully saturated rings. The summed E-state index contributed by atoms with van der Waals surface area (Å²) in [7, 11) is 1.79. The molecule has 14 heavy (non-hydrogen) atoms. The van der Waals surface area contributed by atoms with Gasteiger partial charge in [0.2, 0.25) is 5.91 Å². The van der Waals surface area contributed by atoms with Gasteiger partial charge in [-0.25, -0.2) is 0 Å². The van der Waals surface area contributed by atoms with E-state index in [-0.39, 0.29) is 5.91 Å². The van der Waals surface area contributed by atoms with Crippen LogP contribution in [0.4, 0.5) is 0 Å². The lowest BCUT2D eigenvalue weighted by Crippen LogP contribution is -2.51. The van der Waals surface area contributed by atoms with Gasteiger partial charge < -0.3 is 15.4 Å². The summed E-state index contributed by atoms with van der Waals surface area (Å²) in [5.74, 6) is 0.540. The first-order chi connectivity index (χ1) is 6.56. The molecule has 0 aromatic carbocycles. The van der Waals surface area contributed by atoms with Gasteiger partial charge in [0.25, 0.3) is 0 Å². The summed E-state index contributed by atoms with van der Waals surface area (Å²) in [5, 5.41) is 5.91. The van der Waals surface area contributed by atoms with Crippen LogP contribution in [0.2, 0.25) is 0 Å². The van der Waals surface area contributed by atoms with E-state index < -0.39 is 5.54 Å². The second-order valence-electron chi connectivity index (χ2n) is 4.31. The average Bonchev–Trinajstić information content (AvgIpc) is 2.66. The number of carbonyl (C=O) groups is 1. The Kier molecular flexibility index (Phi) is 3.89. The van der Waals surface area contributed by atoms with Gasteiger partial charge in [0.05, 0.1) is 12.1 Å². The minimum atomic E-state index is -0.487. The number of ether oxygens (including phenoxy) is 1. The van der Waals surface area contributed by atoms with Gasteiger partial charge in [-0.2, -0.15) is 0 Å². The molecule has 2 N–H and O–H groups in total. The van der Waals surface area contributed by atoms with Gasteiger partial charge in [-0.1, -0.05) is 0 Å². The molecule has 0 radical (unpaired) electrons. The third-order valence-corrected chi connectivity index (χ3v) is 2.77. The molecule has 0 bridgehead atoms. The highest BCUT2D eigenvalue weighted by Gasteiger charge is 2.26. The maximum atomic E-state index is 11.6. The van der Waals surface area contributed by atoms with Crippen LogP contribution >= 0.6 is 0 Å². The van der Waals surface area contributed by atoms with Gasteiger partial charge in [-0.3, -0.25) is 4.79 Å². The van der Waals surface area contributed by atoms with E-state index in [4.69, 9.17) is 4.74 Å². The Morgan fingerprint density at radius 3 is 2.79 bits per heavy atom. The molecule has 4 heteroatoms. The minimum absolute atomic E-state index is 0.0481. The first-order valence-corrected chi connectivity index (χ1v) is 5.11. The van der Waals surface area contributed by atoms with E-state index in [2.05, 4.69) is 10.6 Å². The van der Waals surface area contributed by atoms with Crippen molar-refractivity contribution in [1.82, 2.24) is 10.6 Å². The zero-order valence-electron chi connectivity index (χ0n) is 9.22. The molecule has 1 unspecified atom stereocenters. The molecule has 1 aliphatic heterocycles. The zero-order valence-corrected chi connectivity index (χ0v) is 9.22. The van der Waals surface area contributed by atoms with Crippen LogP contribution in [0, 0.1) is 5.92 Å². The molecule has 4 nitrogen and oxygen atoms in total. The monoisotopic (exact) mass is 200 g/mol. The maximum Gasteiger partial charge on any atom is 0.239 e. The standard InChI is InChI=1S/C10H20N2O2/c1-10(2,11-3)9(13)12-6-8-4-5-14-7-8/h8,11H,4-7H2,1-3H3,(H,12,13). The molecule has 1 atom stereocenters. The highest BCUT2D eigenvalue weighted by atomic mass is 16.5. The molecular weight excluding hydrogens is 180 g/mol. The number of hydrogen-bond acceptors (Lipinski definition) is 3. The van der Waals surface area contributed by atoms with Crippen LogP contribution in [0.5, 0.6) is 0 Å². The third-order valence-electron chi connectivity index (χ3n) is 2.77. The number of likely N-dealkylation sites (N-methyl/N-ethyl adjacent to an activating group) is 1. The second kappa shape index (κ2) is 4.75. The van der Waals surface area contributed by atoms with E-state index in [0.29, 0.717) is 5.92 Å². The summed E-state index contributed by atoms with van der Waals surface area (Å²) < 4.78 is 5.23. The maximum absolute atomic E-state index is 11.6. The van der Waals surface area contributed by atoms with Crippen molar-refractivity contribution in [3.63, 3.8) is 0 Å². The SMILES string of the molecule is CNC(C)(C)C(=O)NCC1CCOC1. The first-order valence-electron chi connectivity index (χ1n) is 5.11. The lowest BCUT2D eigenvalue weighted by Gasteiger charge is -2.23. The largest absolute Gasteiger partial charge is 0.381 e. The van der Waals surface area contributed by atoms with Crippen molar-refractivity contribution in [2.24, 2.45) is 5.92 Å². The fraction of sp³-hybridized carbons (Fsp3) is 0.900. The molecule has 0 aromatic rings. The summed E-state index contributed by atoms with van der Waals surface area (Å²) in [6.07, 6.45) is 1.06. The van der Waals surface area contributed by atoms with E-state index in [9.17, 15) is 4.79 Å². The molecule has 1 amide bonds. The molecule has 1 aliphatic rings. The van der Waals surface area contributed by atoms with Crippen molar-refractivity contribution in [3.05, 3.63) is 0 Å². The van der Waals surface area contributed by atoms with Gasteiger partial charge in [0.15, 0.2) is 0 Å². The van der Waals surface area contributed by atoms with Crippen LogP contribution in [-0.4, -0.2) is 38.3 Å². The first kappa shape index (κ1) is 11.5. The Bertz CT molecular complexity index is 198. The van der Waals surface area contributed by atoms with Crippen molar-refractivity contribution in [2.75, 3.05) is 26.8 Å². The molecule has 1 rings (SSSR count). The fourth-order valence-corrected chi connectivity index (χ4v) is 1.32. The third kappa shape index (κ3) is 2.96. The summed E-state index contributed by atoms with van der Waals surface area (Å²) in [4.78, 5) is 11.6. The second-order valence-corrected chi connectivity index (χ2v) is 4.31. The van der Waals surface area contributed by atoms with Gasteiger partial charge in [-0.15, -0.1) is 0 Å². The Morgan fingerprint density at radius 2 is 2.29 bits per heavy atom. The van der Waals surface area contributed by atoms with E-state index in [1.54, 1.807) is 7.05 Å². The summed E-state index contributed by atoms with van der Waals surface area (Å²) >= 11 is 0. The summed E-state index contributed by atoms with van der Waals surface area (Å²) in [5.41, 5.74) is -0.487. The van der Waals surface area contributed by atoms with Crippen molar-refractivity contribution < 1.29 is 9.53 Å². The van der Waals surface area contributed by atoms with Crippen LogP contribution in [0.25, 0.3) is 0 Å². The van der Waals surface area contributed by atoms with Crippen LogP contribution in [0.15, 0.2) is 0 Å². The predicted molar refractivity (Wildman–Crippen MR) is 55.1 cm³/mol. The topological polar surface area (TPSA) is 50.4 Å². The smallest absolute Gasteiger partial charge is 0.239 e. The average molecular weight is 200 g/mol. The lowest BCUT2D eigenvalue weighted by atomic mass is 10.0. The molecule has 0 saturated carbocycles. The minimum Gasteiger partial charge on any atom is -0.381 e. The molecule has 1 saturated heterocycles. The number of hydrogen-bond donors (Lipinski definition) is 2. The highest BCUT2D eigenvalue weighted by Crippen LogP contribution is 2.11. The summed E-state index contributed by atoms with van der Waals surface area (Å²) in [6.45, 7) is 6.07. The number of nitrogens with one attached hydrogen (secondary N) is 2. The fourth-order valence-electron chi connectivity index (χ4n) is 1.32. The number of rotatable bonds is 4. The van der Waals surface area contributed by atoms with Crippen molar-refractivity contribution in [1.29, 1.82) is 0 Å². The Labute approximate surface area is 85.4 Å². The molecular formula is C10H20N2O2. The Morgan fingerprint density at radius 1 is 1.57 bits per heavy atom. The molecule has 0 aromatic heterocycles. The van der Waals surface area contributed by atoms with Crippen LogP contribution in [0.1, 0.15) is 20.3 Å². The molecule has 82 valence electrons. The van der Waals surface area contributed by atoms with Crippen molar-refractivity contribution in [3.8, 4) is 0 Å². The predicted octanol–water partition coefficient (Wildman–Crippen LogP) is 0.137. The van der Waals surface area contributed by atoms with Crippen molar-refractivity contribution in [2.45, 2.75) is 25.8 Å². The lowest BCUT2D eigenvalue weighted by molar-refractivity contribution is -0.126. The van der Waals surface area contributed by atoms with Gasteiger partial charge in [-0.05, 0) is 27.3 Å². The van der Waals surface area contributed by atoms with E-state index >= 15 is 0 Å². The number of carbonyl (C=O) groups excluding carboxylic acids is 1. The van der Waals surface area contributed by atoms with Crippen molar-refractivity contribution >= 4 is 5.91 Å². The quantitative estimate of drug-likeness (QED) is 0.678. The van der Waals surface area contributed by atoms with Crippen LogP contribution in [-0.2, 0) is 9.53 Å². The number of amides is 1. The van der Waals surface area contributed by atoms with Gasteiger partial charge in [0.1, 0.15) is 0 Å². The van der Waals surface area contributed by atoms with Crippen LogP contribution < -0.4 is 10.6 Å². The normalized spacial score (nSPS) is 22.4. The highest BCUT2D eigenvalue weighted by molar-refractivity contribution is 5.85. The molecule has 0 aliphatic carbocycles. The molecule has 1 heterocycles. The van der Waals surface area contributed by atoms with E-state index in [1.165, 1.54) is 0 Å². The zero-order chi connectivity index (χ0) is 10.6.